The zero-order valence-electron chi connectivity index (χ0n) is 21.5. The van der Waals surface area contributed by atoms with Gasteiger partial charge in [-0.1, -0.05) is 55.4 Å². The molecular weight excluding hydrogens is 436 g/mol. The van der Waals surface area contributed by atoms with E-state index in [1.54, 1.807) is 9.80 Å². The van der Waals surface area contributed by atoms with Gasteiger partial charge in [-0.15, -0.1) is 12.4 Å². The maximum atomic E-state index is 9.71. The molecule has 2 aliphatic heterocycles. The van der Waals surface area contributed by atoms with E-state index in [1.807, 2.05) is 0 Å². The second-order valence-corrected chi connectivity index (χ2v) is 11.0. The summed E-state index contributed by atoms with van der Waals surface area (Å²) in [6.45, 7) is 17.9. The lowest BCUT2D eigenvalue weighted by molar-refractivity contribution is 0.277. The predicted molar refractivity (Wildman–Crippen MR) is 135 cm³/mol. The van der Waals surface area contributed by atoms with E-state index in [0.717, 1.165) is 24.5 Å². The number of nitrogens with zero attached hydrogens (tertiary/aromatic N) is 8. The first-order valence-corrected chi connectivity index (χ1v) is 11.9. The molecule has 0 aromatic rings. The molecule has 0 radical (unpaired) electrons. The van der Waals surface area contributed by atoms with E-state index in [-0.39, 0.29) is 12.4 Å². The van der Waals surface area contributed by atoms with Gasteiger partial charge in [0.15, 0.2) is 23.7 Å². The van der Waals surface area contributed by atoms with E-state index in [1.165, 1.54) is 0 Å². The number of aliphatic imine (C=N–C) groups is 2. The fourth-order valence-corrected chi connectivity index (χ4v) is 4.49. The van der Waals surface area contributed by atoms with Crippen molar-refractivity contribution in [3.8, 4) is 12.4 Å². The van der Waals surface area contributed by atoms with Gasteiger partial charge >= 0.3 is 0 Å². The third-order valence-corrected chi connectivity index (χ3v) is 5.44. The predicted octanol–water partition coefficient (Wildman–Crippen LogP) is 5.83. The van der Waals surface area contributed by atoms with Crippen LogP contribution in [0.25, 0.3) is 0 Å². The van der Waals surface area contributed by atoms with E-state index < -0.39 is 11.3 Å². The van der Waals surface area contributed by atoms with Crippen molar-refractivity contribution in [1.82, 2.24) is 9.80 Å². The summed E-state index contributed by atoms with van der Waals surface area (Å²) in [4.78, 5) is 13.3. The van der Waals surface area contributed by atoms with E-state index in [0.29, 0.717) is 49.6 Å². The van der Waals surface area contributed by atoms with Crippen molar-refractivity contribution in [2.45, 2.75) is 92.4 Å². The summed E-state index contributed by atoms with van der Waals surface area (Å²) in [5, 5.41) is 29.1. The first kappa shape index (κ1) is 28.8. The summed E-state index contributed by atoms with van der Waals surface area (Å²) in [7, 11) is 0. The maximum absolute atomic E-state index is 9.71. The van der Waals surface area contributed by atoms with Crippen molar-refractivity contribution in [2.75, 3.05) is 13.1 Å². The molecule has 0 aromatic carbocycles. The van der Waals surface area contributed by atoms with Gasteiger partial charge in [-0.05, 0) is 36.5 Å². The van der Waals surface area contributed by atoms with Crippen molar-refractivity contribution in [3.63, 3.8) is 0 Å². The Kier molecular flexibility index (Phi) is 10.3. The number of amidine groups is 2. The van der Waals surface area contributed by atoms with E-state index in [9.17, 15) is 10.5 Å². The van der Waals surface area contributed by atoms with Crippen LogP contribution in [0.5, 0.6) is 0 Å². The van der Waals surface area contributed by atoms with Crippen LogP contribution in [0.4, 0.5) is 0 Å². The minimum absolute atomic E-state index is 0. The number of hydrogen-bond donors (Lipinski definition) is 0. The standard InChI is InChI=1S/C24H40N8.ClH/c1-17(2)9-21-27-23(11-19(5)6,13-31(21)15-25)29-30-24(12-20(7)8)14-32(16-26)22(28-24)10-18(3)4;/h17-20H,9-14H2,1-8H3;1H/b30-29+;. The number of rotatable bonds is 10. The Labute approximate surface area is 206 Å². The number of nitriles is 2. The summed E-state index contributed by atoms with van der Waals surface area (Å²) in [6, 6.07) is 0. The second-order valence-electron chi connectivity index (χ2n) is 11.0. The van der Waals surface area contributed by atoms with Crippen LogP contribution in [0, 0.1) is 46.6 Å². The van der Waals surface area contributed by atoms with Crippen LogP contribution in [0.1, 0.15) is 81.1 Å². The Morgan fingerprint density at radius 2 is 1.06 bits per heavy atom. The van der Waals surface area contributed by atoms with Gasteiger partial charge in [-0.25, -0.2) is 9.98 Å². The molecule has 0 bridgehead atoms. The van der Waals surface area contributed by atoms with Crippen molar-refractivity contribution in [1.29, 1.82) is 10.5 Å². The normalized spacial score (nSPS) is 25.2. The maximum Gasteiger partial charge on any atom is 0.191 e. The van der Waals surface area contributed by atoms with Crippen LogP contribution in [0.2, 0.25) is 0 Å². The van der Waals surface area contributed by atoms with Crippen LogP contribution in [0.15, 0.2) is 20.2 Å². The number of hydrogen-bond acceptors (Lipinski definition) is 8. The van der Waals surface area contributed by atoms with Crippen LogP contribution in [-0.2, 0) is 0 Å². The van der Waals surface area contributed by atoms with Gasteiger partial charge in [-0.3, -0.25) is 9.80 Å². The van der Waals surface area contributed by atoms with Crippen molar-refractivity contribution in [2.24, 2.45) is 43.9 Å². The molecule has 184 valence electrons. The summed E-state index contributed by atoms with van der Waals surface area (Å²) in [5.74, 6) is 3.05. The smallest absolute Gasteiger partial charge is 0.191 e. The fraction of sp³-hybridized carbons (Fsp3) is 0.833. The minimum atomic E-state index is -0.786. The third-order valence-electron chi connectivity index (χ3n) is 5.44. The molecule has 2 unspecified atom stereocenters. The van der Waals surface area contributed by atoms with Gasteiger partial charge in [0.25, 0.3) is 0 Å². The summed E-state index contributed by atoms with van der Waals surface area (Å²) in [6.07, 6.45) is 7.45. The van der Waals surface area contributed by atoms with Crippen LogP contribution < -0.4 is 0 Å². The number of azo groups is 1. The molecule has 2 atom stereocenters. The molecule has 0 saturated carbocycles. The minimum Gasteiger partial charge on any atom is -0.262 e. The molecule has 0 aliphatic carbocycles. The lowest BCUT2D eigenvalue weighted by atomic mass is 9.98. The molecule has 0 N–H and O–H groups in total. The number of halogens is 1. The molecule has 0 fully saturated rings. The fourth-order valence-electron chi connectivity index (χ4n) is 4.49. The molecule has 8 nitrogen and oxygen atoms in total. The molecular formula is C24H41ClN8. The first-order chi connectivity index (χ1) is 14.9. The Morgan fingerprint density at radius 3 is 1.30 bits per heavy atom. The van der Waals surface area contributed by atoms with Crippen molar-refractivity contribution < 1.29 is 0 Å². The Morgan fingerprint density at radius 1 is 0.727 bits per heavy atom. The second kappa shape index (κ2) is 11.8. The molecule has 2 heterocycles. The highest BCUT2D eigenvalue weighted by molar-refractivity contribution is 5.87. The largest absolute Gasteiger partial charge is 0.262 e. The summed E-state index contributed by atoms with van der Waals surface area (Å²) < 4.78 is 0. The molecule has 0 amide bonds. The summed E-state index contributed by atoms with van der Waals surface area (Å²) >= 11 is 0. The molecule has 9 heteroatoms. The quantitative estimate of drug-likeness (QED) is 0.292. The molecule has 0 saturated heterocycles. The third kappa shape index (κ3) is 7.67. The van der Waals surface area contributed by atoms with Gasteiger partial charge < -0.3 is 0 Å². The SMILES string of the molecule is CC(C)CC1=NC(CC(C)C)(/N=N/C2(CC(C)C)CN(C#N)C(CC(C)C)=N2)CN1C#N.Cl. The average molecular weight is 477 g/mol. The van der Waals surface area contributed by atoms with E-state index >= 15 is 0 Å². The lowest BCUT2D eigenvalue weighted by Gasteiger charge is -2.26. The van der Waals surface area contributed by atoms with Crippen molar-refractivity contribution >= 4 is 24.1 Å². The van der Waals surface area contributed by atoms with Crippen LogP contribution in [0.3, 0.4) is 0 Å². The molecule has 0 spiro atoms. The zero-order valence-corrected chi connectivity index (χ0v) is 22.4. The van der Waals surface area contributed by atoms with Crippen LogP contribution in [-0.4, -0.2) is 45.9 Å². The Hall–Kier alpha value is -2.19. The average Bonchev–Trinajstić information content (AvgIpc) is 3.16. The molecule has 2 rings (SSSR count). The highest BCUT2D eigenvalue weighted by atomic mass is 35.5. The lowest BCUT2D eigenvalue weighted by Crippen LogP contribution is -2.36. The van der Waals surface area contributed by atoms with Gasteiger partial charge in [0.05, 0.1) is 13.1 Å². The van der Waals surface area contributed by atoms with Crippen molar-refractivity contribution in [3.05, 3.63) is 0 Å². The van der Waals surface area contributed by atoms with Gasteiger partial charge in [0, 0.05) is 12.8 Å². The summed E-state index contributed by atoms with van der Waals surface area (Å²) in [5.41, 5.74) is -1.57. The zero-order chi connectivity index (χ0) is 24.1. The molecule has 33 heavy (non-hydrogen) atoms. The van der Waals surface area contributed by atoms with Gasteiger partial charge in [0.2, 0.25) is 0 Å². The highest BCUT2D eigenvalue weighted by Gasteiger charge is 2.44. The molecule has 0 aromatic heterocycles. The van der Waals surface area contributed by atoms with Gasteiger partial charge in [0.1, 0.15) is 11.7 Å². The van der Waals surface area contributed by atoms with Gasteiger partial charge in [-0.2, -0.15) is 20.8 Å². The Bertz CT molecular complexity index is 764. The van der Waals surface area contributed by atoms with E-state index in [2.05, 4.69) is 67.8 Å². The first-order valence-electron chi connectivity index (χ1n) is 11.9. The Balaban J connectivity index is 0.00000544. The van der Waals surface area contributed by atoms with E-state index in [4.69, 9.17) is 20.2 Å². The topological polar surface area (TPSA) is 104 Å². The van der Waals surface area contributed by atoms with Crippen LogP contribution >= 0.6 is 12.4 Å². The molecule has 2 aliphatic rings. The monoisotopic (exact) mass is 476 g/mol. The highest BCUT2D eigenvalue weighted by Crippen LogP contribution is 2.36.